The van der Waals surface area contributed by atoms with Gasteiger partial charge in [0.15, 0.2) is 0 Å². The standard InChI is InChI=1S/C22H28FN3O3S/c1-18(11-12-19-7-3-2-4-8-19)24-22(27)17-26-14-6-13-25(30(26,28)29)16-20-9-5-10-21(23)15-20/h2-5,7-10,15,18H,6,11-14,16-17H2,1H3,(H,24,27)/t18-/m0/s1. The van der Waals surface area contributed by atoms with Gasteiger partial charge in [-0.25, -0.2) is 4.39 Å². The Labute approximate surface area is 177 Å². The van der Waals surface area contributed by atoms with Crippen molar-refractivity contribution in [2.75, 3.05) is 19.6 Å². The molecule has 0 unspecified atom stereocenters. The Morgan fingerprint density at radius 2 is 1.77 bits per heavy atom. The molecule has 1 atom stereocenters. The second-order valence-electron chi connectivity index (χ2n) is 7.65. The summed E-state index contributed by atoms with van der Waals surface area (Å²) in [6.45, 7) is 2.45. The maximum absolute atomic E-state index is 13.4. The fraction of sp³-hybridized carbons (Fsp3) is 0.409. The largest absolute Gasteiger partial charge is 0.352 e. The molecule has 8 heteroatoms. The SMILES string of the molecule is C[C@@H](CCc1ccccc1)NC(=O)CN1CCCN(Cc2cccc(F)c2)S1(=O)=O. The summed E-state index contributed by atoms with van der Waals surface area (Å²) in [5, 5.41) is 2.89. The Hall–Kier alpha value is -2.29. The van der Waals surface area contributed by atoms with Gasteiger partial charge in [-0.3, -0.25) is 4.79 Å². The van der Waals surface area contributed by atoms with Gasteiger partial charge in [0.1, 0.15) is 5.82 Å². The van der Waals surface area contributed by atoms with Crippen LogP contribution in [0.1, 0.15) is 30.9 Å². The first-order valence-electron chi connectivity index (χ1n) is 10.2. The first kappa shape index (κ1) is 22.4. The molecule has 2 aromatic rings. The molecule has 6 nitrogen and oxygen atoms in total. The number of carbonyl (C=O) groups excluding carboxylic acids is 1. The average Bonchev–Trinajstić information content (AvgIpc) is 2.70. The Morgan fingerprint density at radius 1 is 1.07 bits per heavy atom. The highest BCUT2D eigenvalue weighted by molar-refractivity contribution is 7.86. The van der Waals surface area contributed by atoms with Crippen LogP contribution in [0.25, 0.3) is 0 Å². The second-order valence-corrected chi connectivity index (χ2v) is 9.58. The molecule has 0 aliphatic carbocycles. The second kappa shape index (κ2) is 10.1. The Balaban J connectivity index is 1.53. The zero-order valence-electron chi connectivity index (χ0n) is 17.1. The number of carbonyl (C=O) groups is 1. The fourth-order valence-corrected chi connectivity index (χ4v) is 5.20. The monoisotopic (exact) mass is 433 g/mol. The third-order valence-electron chi connectivity index (χ3n) is 5.15. The molecule has 1 aliphatic heterocycles. The highest BCUT2D eigenvalue weighted by atomic mass is 32.2. The van der Waals surface area contributed by atoms with Crippen molar-refractivity contribution in [3.05, 3.63) is 71.5 Å². The normalized spacial score (nSPS) is 18.1. The Kier molecular flexibility index (Phi) is 7.58. The van der Waals surface area contributed by atoms with Gasteiger partial charge in [0.2, 0.25) is 5.91 Å². The lowest BCUT2D eigenvalue weighted by molar-refractivity contribution is -0.122. The van der Waals surface area contributed by atoms with E-state index in [0.717, 1.165) is 12.8 Å². The van der Waals surface area contributed by atoms with Crippen molar-refractivity contribution >= 4 is 16.1 Å². The van der Waals surface area contributed by atoms with Crippen LogP contribution in [0.3, 0.4) is 0 Å². The lowest BCUT2D eigenvalue weighted by Crippen LogP contribution is -2.52. The molecule has 1 fully saturated rings. The van der Waals surface area contributed by atoms with E-state index in [0.29, 0.717) is 25.1 Å². The Morgan fingerprint density at radius 3 is 2.50 bits per heavy atom. The van der Waals surface area contributed by atoms with Gasteiger partial charge in [0, 0.05) is 25.7 Å². The molecule has 1 saturated heterocycles. The fourth-order valence-electron chi connectivity index (χ4n) is 3.56. The van der Waals surface area contributed by atoms with E-state index in [1.807, 2.05) is 37.3 Å². The summed E-state index contributed by atoms with van der Waals surface area (Å²) in [6, 6.07) is 15.9. The van der Waals surface area contributed by atoms with Gasteiger partial charge in [0.05, 0.1) is 6.54 Å². The molecule has 1 heterocycles. The van der Waals surface area contributed by atoms with Crippen LogP contribution in [-0.2, 0) is 28.0 Å². The van der Waals surface area contributed by atoms with Gasteiger partial charge < -0.3 is 5.32 Å². The van der Waals surface area contributed by atoms with E-state index in [1.54, 1.807) is 12.1 Å². The van der Waals surface area contributed by atoms with Crippen molar-refractivity contribution in [3.8, 4) is 0 Å². The van der Waals surface area contributed by atoms with Crippen LogP contribution in [0.5, 0.6) is 0 Å². The van der Waals surface area contributed by atoms with E-state index >= 15 is 0 Å². The van der Waals surface area contributed by atoms with Crippen LogP contribution < -0.4 is 5.32 Å². The van der Waals surface area contributed by atoms with Gasteiger partial charge in [-0.1, -0.05) is 42.5 Å². The number of benzene rings is 2. The number of halogens is 1. The molecule has 2 aromatic carbocycles. The predicted molar refractivity (Wildman–Crippen MR) is 114 cm³/mol. The van der Waals surface area contributed by atoms with E-state index in [-0.39, 0.29) is 25.0 Å². The van der Waals surface area contributed by atoms with Crippen molar-refractivity contribution in [3.63, 3.8) is 0 Å². The molecular formula is C22H28FN3O3S. The molecule has 0 bridgehead atoms. The highest BCUT2D eigenvalue weighted by Gasteiger charge is 2.34. The number of aryl methyl sites for hydroxylation is 1. The molecule has 1 aliphatic rings. The summed E-state index contributed by atoms with van der Waals surface area (Å²) in [4.78, 5) is 12.4. The summed E-state index contributed by atoms with van der Waals surface area (Å²) < 4.78 is 41.8. The van der Waals surface area contributed by atoms with Crippen LogP contribution in [0.4, 0.5) is 4.39 Å². The van der Waals surface area contributed by atoms with Crippen molar-refractivity contribution in [1.29, 1.82) is 0 Å². The maximum atomic E-state index is 13.4. The van der Waals surface area contributed by atoms with Gasteiger partial charge in [-0.05, 0) is 49.4 Å². The van der Waals surface area contributed by atoms with Crippen LogP contribution in [0.2, 0.25) is 0 Å². The van der Waals surface area contributed by atoms with Crippen LogP contribution in [0, 0.1) is 5.82 Å². The molecule has 0 saturated carbocycles. The lowest BCUT2D eigenvalue weighted by atomic mass is 10.1. The molecule has 1 N–H and O–H groups in total. The van der Waals surface area contributed by atoms with Crippen LogP contribution in [-0.4, -0.2) is 48.6 Å². The van der Waals surface area contributed by atoms with Crippen LogP contribution in [0.15, 0.2) is 54.6 Å². The molecule has 0 aromatic heterocycles. The number of amides is 1. The first-order chi connectivity index (χ1) is 14.3. The third kappa shape index (κ3) is 6.10. The van der Waals surface area contributed by atoms with Gasteiger partial charge in [-0.2, -0.15) is 17.0 Å². The zero-order chi connectivity index (χ0) is 21.6. The highest BCUT2D eigenvalue weighted by Crippen LogP contribution is 2.19. The third-order valence-corrected chi connectivity index (χ3v) is 7.08. The zero-order valence-corrected chi connectivity index (χ0v) is 17.9. The summed E-state index contributed by atoms with van der Waals surface area (Å²) in [5.41, 5.74) is 1.78. The van der Waals surface area contributed by atoms with Gasteiger partial charge >= 0.3 is 0 Å². The lowest BCUT2D eigenvalue weighted by Gasteiger charge is -2.34. The van der Waals surface area contributed by atoms with E-state index in [2.05, 4.69) is 5.32 Å². The van der Waals surface area contributed by atoms with Gasteiger partial charge in [-0.15, -0.1) is 0 Å². The minimum absolute atomic E-state index is 0.0615. The van der Waals surface area contributed by atoms with E-state index < -0.39 is 16.0 Å². The van der Waals surface area contributed by atoms with Crippen molar-refractivity contribution < 1.29 is 17.6 Å². The summed E-state index contributed by atoms with van der Waals surface area (Å²) in [7, 11) is -3.78. The number of nitrogens with one attached hydrogen (secondary N) is 1. The van der Waals surface area contributed by atoms with E-state index in [1.165, 1.54) is 26.3 Å². The summed E-state index contributed by atoms with van der Waals surface area (Å²) >= 11 is 0. The number of hydrogen-bond donors (Lipinski definition) is 1. The molecule has 162 valence electrons. The van der Waals surface area contributed by atoms with Crippen molar-refractivity contribution in [2.45, 2.75) is 38.8 Å². The molecule has 30 heavy (non-hydrogen) atoms. The van der Waals surface area contributed by atoms with Crippen molar-refractivity contribution in [1.82, 2.24) is 13.9 Å². The molecular weight excluding hydrogens is 405 g/mol. The summed E-state index contributed by atoms with van der Waals surface area (Å²) in [6.07, 6.45) is 2.23. The van der Waals surface area contributed by atoms with Gasteiger partial charge in [0.25, 0.3) is 10.2 Å². The topological polar surface area (TPSA) is 69.7 Å². The van der Waals surface area contributed by atoms with E-state index in [4.69, 9.17) is 0 Å². The molecule has 1 amide bonds. The first-order valence-corrected chi connectivity index (χ1v) is 11.6. The predicted octanol–water partition coefficient (Wildman–Crippen LogP) is 2.72. The quantitative estimate of drug-likeness (QED) is 0.696. The van der Waals surface area contributed by atoms with Crippen molar-refractivity contribution in [2.24, 2.45) is 0 Å². The summed E-state index contributed by atoms with van der Waals surface area (Å²) in [5.74, 6) is -0.714. The number of rotatable bonds is 8. The van der Waals surface area contributed by atoms with E-state index in [9.17, 15) is 17.6 Å². The maximum Gasteiger partial charge on any atom is 0.282 e. The molecule has 0 spiro atoms. The smallest absolute Gasteiger partial charge is 0.282 e. The van der Waals surface area contributed by atoms with Crippen LogP contribution >= 0.6 is 0 Å². The minimum atomic E-state index is -3.78. The number of hydrogen-bond acceptors (Lipinski definition) is 3. The molecule has 0 radical (unpaired) electrons. The molecule has 3 rings (SSSR count). The minimum Gasteiger partial charge on any atom is -0.352 e. The average molecular weight is 434 g/mol. The Bertz CT molecular complexity index is 953. The number of nitrogens with zero attached hydrogens (tertiary/aromatic N) is 2.